The van der Waals surface area contributed by atoms with Crippen molar-refractivity contribution in [2.75, 3.05) is 27.4 Å². The van der Waals surface area contributed by atoms with Gasteiger partial charge in [-0.1, -0.05) is 23.7 Å². The topological polar surface area (TPSA) is 199 Å². The summed E-state index contributed by atoms with van der Waals surface area (Å²) in [5.41, 5.74) is 0.620. The van der Waals surface area contributed by atoms with Crippen LogP contribution < -0.4 is 9.47 Å². The second-order valence-electron chi connectivity index (χ2n) is 8.29. The van der Waals surface area contributed by atoms with Crippen LogP contribution in [-0.4, -0.2) is 129 Å². The number of hydrogen-bond donors (Lipinski definition) is 8. The van der Waals surface area contributed by atoms with Crippen molar-refractivity contribution in [1.82, 2.24) is 0 Å². The van der Waals surface area contributed by atoms with Crippen molar-refractivity contribution in [3.05, 3.63) is 23.3 Å². The maximum absolute atomic E-state index is 10.2. The molecule has 2 saturated heterocycles. The summed E-state index contributed by atoms with van der Waals surface area (Å²) in [5, 5.41) is 78.7. The maximum Gasteiger partial charge on any atom is 0.147 e. The largest absolute Gasteiger partial charge is 0.495 e. The molecule has 0 aliphatic carbocycles. The van der Waals surface area contributed by atoms with Gasteiger partial charge in [-0.2, -0.15) is 0 Å². The first-order valence-corrected chi connectivity index (χ1v) is 11.1. The van der Waals surface area contributed by atoms with Gasteiger partial charge in [0.1, 0.15) is 72.5 Å². The fourth-order valence-electron chi connectivity index (χ4n) is 3.83. The lowest BCUT2D eigenvalue weighted by Crippen LogP contribution is -2.58. The molecular weight excluding hydrogens is 480 g/mol. The van der Waals surface area contributed by atoms with E-state index in [2.05, 4.69) is 23.7 Å². The first kappa shape index (κ1) is 28.1. The SMILES string of the molecule is COc1cc(C#C[C@H]2O[C@H](CO)[C@@H](O)[C@H](O)[C@@H]2O)c(OC)cc1C#C[C@H]1O[C@H](CO)[C@@H](O)[C@H](O)[C@@H]1O. The number of benzene rings is 1. The molecule has 12 heteroatoms. The molecule has 0 aromatic heterocycles. The number of aliphatic hydroxyl groups is 8. The average Bonchev–Trinajstić information content (AvgIpc) is 2.89. The Kier molecular flexibility index (Phi) is 9.52. The van der Waals surface area contributed by atoms with Gasteiger partial charge in [-0.05, 0) is 0 Å². The molecule has 0 unspecified atom stereocenters. The highest BCUT2D eigenvalue weighted by Crippen LogP contribution is 2.29. The summed E-state index contributed by atoms with van der Waals surface area (Å²) in [4.78, 5) is 0. The third kappa shape index (κ3) is 5.75. The average molecular weight is 510 g/mol. The van der Waals surface area contributed by atoms with Crippen LogP contribution in [0.3, 0.4) is 0 Å². The monoisotopic (exact) mass is 510 g/mol. The molecule has 2 heterocycles. The molecule has 10 atom stereocenters. The van der Waals surface area contributed by atoms with Crippen molar-refractivity contribution in [2.45, 2.75) is 61.0 Å². The van der Waals surface area contributed by atoms with Crippen molar-refractivity contribution >= 4 is 0 Å². The van der Waals surface area contributed by atoms with Gasteiger partial charge in [0.25, 0.3) is 0 Å². The number of methoxy groups -OCH3 is 2. The Bertz CT molecular complexity index is 938. The van der Waals surface area contributed by atoms with Crippen LogP contribution in [0.4, 0.5) is 0 Å². The molecule has 3 rings (SSSR count). The molecular formula is C24H30O12. The van der Waals surface area contributed by atoms with E-state index in [1.54, 1.807) is 0 Å². The second kappa shape index (κ2) is 12.2. The summed E-state index contributed by atoms with van der Waals surface area (Å²) in [6, 6.07) is 2.99. The van der Waals surface area contributed by atoms with E-state index < -0.39 is 74.3 Å². The molecule has 0 bridgehead atoms. The zero-order chi connectivity index (χ0) is 26.6. The fraction of sp³-hybridized carbons (Fsp3) is 0.583. The highest BCUT2D eigenvalue weighted by molar-refractivity contribution is 5.59. The number of aliphatic hydroxyl groups excluding tert-OH is 8. The minimum Gasteiger partial charge on any atom is -0.495 e. The summed E-state index contributed by atoms with van der Waals surface area (Å²) in [7, 11) is 2.77. The van der Waals surface area contributed by atoms with E-state index in [0.29, 0.717) is 11.1 Å². The van der Waals surface area contributed by atoms with Crippen molar-refractivity contribution in [1.29, 1.82) is 0 Å². The summed E-state index contributed by atoms with van der Waals surface area (Å²) in [6.45, 7) is -1.16. The Hall–Kier alpha value is -2.46. The Morgan fingerprint density at radius 1 is 0.639 bits per heavy atom. The van der Waals surface area contributed by atoms with Gasteiger partial charge in [0.2, 0.25) is 0 Å². The van der Waals surface area contributed by atoms with Gasteiger partial charge < -0.3 is 59.8 Å². The Balaban J connectivity index is 1.89. The summed E-state index contributed by atoms with van der Waals surface area (Å²) in [6.07, 6.45) is -13.8. The Morgan fingerprint density at radius 3 is 1.31 bits per heavy atom. The van der Waals surface area contributed by atoms with Crippen LogP contribution in [0, 0.1) is 23.7 Å². The zero-order valence-electron chi connectivity index (χ0n) is 19.6. The fourth-order valence-corrected chi connectivity index (χ4v) is 3.83. The molecule has 1 aromatic rings. The van der Waals surface area contributed by atoms with Crippen LogP contribution in [0.25, 0.3) is 0 Å². The predicted octanol–water partition coefficient (Wildman–Crippen LogP) is -3.91. The molecule has 36 heavy (non-hydrogen) atoms. The lowest BCUT2D eigenvalue weighted by atomic mass is 9.95. The maximum atomic E-state index is 10.2. The lowest BCUT2D eigenvalue weighted by molar-refractivity contribution is -0.214. The predicted molar refractivity (Wildman–Crippen MR) is 121 cm³/mol. The Morgan fingerprint density at radius 2 is 1.00 bits per heavy atom. The smallest absolute Gasteiger partial charge is 0.147 e. The van der Waals surface area contributed by atoms with Gasteiger partial charge in [-0.3, -0.25) is 0 Å². The third-order valence-corrected chi connectivity index (χ3v) is 6.00. The van der Waals surface area contributed by atoms with E-state index in [-0.39, 0.29) is 11.5 Å². The van der Waals surface area contributed by atoms with E-state index in [1.165, 1.54) is 26.4 Å². The molecule has 8 N–H and O–H groups in total. The molecule has 2 aliphatic rings. The zero-order valence-corrected chi connectivity index (χ0v) is 19.6. The molecule has 12 nitrogen and oxygen atoms in total. The van der Waals surface area contributed by atoms with Gasteiger partial charge in [0.05, 0.1) is 38.6 Å². The van der Waals surface area contributed by atoms with E-state index in [9.17, 15) is 40.9 Å². The van der Waals surface area contributed by atoms with Crippen LogP contribution in [0.15, 0.2) is 12.1 Å². The quantitative estimate of drug-likeness (QED) is 0.183. The van der Waals surface area contributed by atoms with Gasteiger partial charge >= 0.3 is 0 Å². The highest BCUT2D eigenvalue weighted by atomic mass is 16.6. The summed E-state index contributed by atoms with van der Waals surface area (Å²) in [5.74, 6) is 11.4. The first-order chi connectivity index (χ1) is 17.2. The number of rotatable bonds is 4. The third-order valence-electron chi connectivity index (χ3n) is 6.00. The van der Waals surface area contributed by atoms with Gasteiger partial charge in [0, 0.05) is 12.1 Å². The Labute approximate surface area is 207 Å². The molecule has 198 valence electrons. The van der Waals surface area contributed by atoms with Crippen LogP contribution in [0.1, 0.15) is 11.1 Å². The minimum atomic E-state index is -1.56. The first-order valence-electron chi connectivity index (χ1n) is 11.1. The normalized spacial score (nSPS) is 36.2. The molecule has 0 spiro atoms. The highest BCUT2D eigenvalue weighted by Gasteiger charge is 2.43. The van der Waals surface area contributed by atoms with E-state index in [0.717, 1.165) is 0 Å². The van der Waals surface area contributed by atoms with Crippen molar-refractivity contribution in [3.8, 4) is 35.2 Å². The summed E-state index contributed by atoms with van der Waals surface area (Å²) >= 11 is 0. The molecule has 0 radical (unpaired) electrons. The molecule has 2 aliphatic heterocycles. The standard InChI is InChI=1S/C24H30O12/c1-33-15-7-12(4-6-14-20(28)24(32)22(30)18(10-26)36-14)16(34-2)8-11(15)3-5-13-19(27)23(31)21(29)17(9-25)35-13/h7-8,13-14,17-32H,9-10H2,1-2H3/t13-,14-,17-,18-,19-,20-,21-,22-,23-,24-/m1/s1. The van der Waals surface area contributed by atoms with Gasteiger partial charge in [0.15, 0.2) is 0 Å². The summed E-state index contributed by atoms with van der Waals surface area (Å²) < 4.78 is 21.5. The minimum absolute atomic E-state index is 0.256. The van der Waals surface area contributed by atoms with Gasteiger partial charge in [-0.25, -0.2) is 0 Å². The van der Waals surface area contributed by atoms with Crippen LogP contribution in [0.2, 0.25) is 0 Å². The van der Waals surface area contributed by atoms with Gasteiger partial charge in [-0.15, -0.1) is 0 Å². The van der Waals surface area contributed by atoms with Crippen LogP contribution in [-0.2, 0) is 9.47 Å². The van der Waals surface area contributed by atoms with E-state index >= 15 is 0 Å². The number of hydrogen-bond acceptors (Lipinski definition) is 12. The molecule has 0 amide bonds. The second-order valence-corrected chi connectivity index (χ2v) is 8.29. The van der Waals surface area contributed by atoms with E-state index in [4.69, 9.17) is 18.9 Å². The van der Waals surface area contributed by atoms with Crippen molar-refractivity contribution < 1.29 is 59.8 Å². The molecule has 1 aromatic carbocycles. The van der Waals surface area contributed by atoms with Crippen LogP contribution >= 0.6 is 0 Å². The van der Waals surface area contributed by atoms with E-state index in [1.807, 2.05) is 0 Å². The van der Waals surface area contributed by atoms with Crippen molar-refractivity contribution in [2.24, 2.45) is 0 Å². The van der Waals surface area contributed by atoms with Crippen LogP contribution in [0.5, 0.6) is 11.5 Å². The lowest BCUT2D eigenvalue weighted by Gasteiger charge is -2.37. The van der Waals surface area contributed by atoms with Crippen molar-refractivity contribution in [3.63, 3.8) is 0 Å². The number of ether oxygens (including phenoxy) is 4. The molecule has 2 fully saturated rings. The molecule has 0 saturated carbocycles.